The molecule has 0 aliphatic carbocycles. The Labute approximate surface area is 192 Å². The van der Waals surface area contributed by atoms with Crippen molar-refractivity contribution >= 4 is 5.91 Å². The number of nitrogens with zero attached hydrogens (tertiary/aromatic N) is 2. The number of carbonyl (C=O) groups is 1. The highest BCUT2D eigenvalue weighted by molar-refractivity contribution is 5.76. The number of hydrogen-bond acceptors (Lipinski definition) is 7. The van der Waals surface area contributed by atoms with Gasteiger partial charge in [-0.2, -0.15) is 0 Å². The molecule has 3 rings (SSSR count). The van der Waals surface area contributed by atoms with Crippen molar-refractivity contribution in [2.75, 3.05) is 33.0 Å². The fraction of sp³-hybridized carbons (Fsp3) is 0.333. The molecule has 9 heteroatoms. The first-order valence-corrected chi connectivity index (χ1v) is 10.9. The summed E-state index contributed by atoms with van der Waals surface area (Å²) in [6.45, 7) is 4.31. The summed E-state index contributed by atoms with van der Waals surface area (Å²) in [5.41, 5.74) is 0.557. The Bertz CT molecular complexity index is 1050. The van der Waals surface area contributed by atoms with E-state index in [1.165, 1.54) is 0 Å². The van der Waals surface area contributed by atoms with E-state index in [1.54, 1.807) is 24.3 Å². The highest BCUT2D eigenvalue weighted by Gasteiger charge is 2.10. The molecule has 1 aromatic heterocycles. The molecule has 0 saturated carbocycles. The van der Waals surface area contributed by atoms with Gasteiger partial charge in [-0.3, -0.25) is 9.59 Å². The van der Waals surface area contributed by atoms with E-state index < -0.39 is 0 Å². The lowest BCUT2D eigenvalue weighted by Crippen LogP contribution is -2.29. The fourth-order valence-corrected chi connectivity index (χ4v) is 2.92. The third-order valence-electron chi connectivity index (χ3n) is 4.62. The summed E-state index contributed by atoms with van der Waals surface area (Å²) in [5, 5.41) is 10.9. The minimum absolute atomic E-state index is 0.135. The minimum atomic E-state index is -0.364. The highest BCUT2D eigenvalue weighted by Crippen LogP contribution is 2.18. The fourth-order valence-electron chi connectivity index (χ4n) is 2.92. The SMILES string of the molecule is CCOCCOc1ccc(-c2nnc(CCC(=O)NCCOc3ccccc3)c(=O)[nH]2)cc1. The molecule has 174 valence electrons. The number of H-pyrrole nitrogens is 1. The zero-order valence-corrected chi connectivity index (χ0v) is 18.6. The number of aromatic nitrogens is 3. The van der Waals surface area contributed by atoms with Gasteiger partial charge in [-0.05, 0) is 43.3 Å². The zero-order chi connectivity index (χ0) is 23.3. The molecular formula is C24H28N4O5. The molecule has 2 N–H and O–H groups in total. The molecule has 0 spiro atoms. The Morgan fingerprint density at radius 3 is 2.39 bits per heavy atom. The van der Waals surface area contributed by atoms with Gasteiger partial charge in [0.25, 0.3) is 5.56 Å². The molecule has 1 amide bonds. The minimum Gasteiger partial charge on any atom is -0.492 e. The number of benzene rings is 2. The molecule has 0 bridgehead atoms. The number of aromatic amines is 1. The normalized spacial score (nSPS) is 10.6. The van der Waals surface area contributed by atoms with Gasteiger partial charge in [0, 0.05) is 25.0 Å². The summed E-state index contributed by atoms with van der Waals surface area (Å²) in [7, 11) is 0. The maximum absolute atomic E-state index is 12.4. The van der Waals surface area contributed by atoms with Gasteiger partial charge in [-0.25, -0.2) is 0 Å². The second-order valence-corrected chi connectivity index (χ2v) is 7.03. The number of hydrogen-bond donors (Lipinski definition) is 2. The number of amides is 1. The summed E-state index contributed by atoms with van der Waals surface area (Å²) >= 11 is 0. The van der Waals surface area contributed by atoms with Crippen molar-refractivity contribution in [3.05, 3.63) is 70.6 Å². The average Bonchev–Trinajstić information content (AvgIpc) is 2.85. The van der Waals surface area contributed by atoms with Crippen LogP contribution in [0.4, 0.5) is 0 Å². The number of carbonyl (C=O) groups excluding carboxylic acids is 1. The van der Waals surface area contributed by atoms with Crippen molar-refractivity contribution in [2.24, 2.45) is 0 Å². The number of nitrogens with one attached hydrogen (secondary N) is 2. The molecule has 0 aliphatic heterocycles. The van der Waals surface area contributed by atoms with Crippen LogP contribution in [0.3, 0.4) is 0 Å². The Hall–Kier alpha value is -3.72. The van der Waals surface area contributed by atoms with Gasteiger partial charge in [0.1, 0.15) is 30.4 Å². The Morgan fingerprint density at radius 2 is 1.67 bits per heavy atom. The van der Waals surface area contributed by atoms with Crippen LogP contribution in [-0.4, -0.2) is 54.1 Å². The van der Waals surface area contributed by atoms with Crippen molar-refractivity contribution in [3.8, 4) is 22.9 Å². The molecule has 0 fully saturated rings. The van der Waals surface area contributed by atoms with Crippen molar-refractivity contribution in [3.63, 3.8) is 0 Å². The van der Waals surface area contributed by atoms with Gasteiger partial charge in [0.2, 0.25) is 5.91 Å². The van der Waals surface area contributed by atoms with Crippen molar-refractivity contribution in [2.45, 2.75) is 19.8 Å². The summed E-state index contributed by atoms with van der Waals surface area (Å²) in [4.78, 5) is 27.1. The van der Waals surface area contributed by atoms with Gasteiger partial charge in [0.15, 0.2) is 5.82 Å². The molecule has 1 heterocycles. The van der Waals surface area contributed by atoms with Crippen LogP contribution in [0.5, 0.6) is 11.5 Å². The summed E-state index contributed by atoms with van der Waals surface area (Å²) < 4.78 is 16.3. The monoisotopic (exact) mass is 452 g/mol. The molecule has 0 atom stereocenters. The lowest BCUT2D eigenvalue weighted by atomic mass is 10.2. The predicted molar refractivity (Wildman–Crippen MR) is 123 cm³/mol. The molecule has 0 unspecified atom stereocenters. The maximum Gasteiger partial charge on any atom is 0.273 e. The Balaban J connectivity index is 1.43. The predicted octanol–water partition coefficient (Wildman–Crippen LogP) is 2.38. The lowest BCUT2D eigenvalue weighted by Gasteiger charge is -2.08. The average molecular weight is 453 g/mol. The lowest BCUT2D eigenvalue weighted by molar-refractivity contribution is -0.121. The van der Waals surface area contributed by atoms with Crippen LogP contribution in [0.25, 0.3) is 11.4 Å². The quantitative estimate of drug-likeness (QED) is 0.383. The first-order valence-electron chi connectivity index (χ1n) is 10.9. The first kappa shape index (κ1) is 23.9. The van der Waals surface area contributed by atoms with Crippen LogP contribution >= 0.6 is 0 Å². The maximum atomic E-state index is 12.4. The van der Waals surface area contributed by atoms with Crippen LogP contribution in [0, 0.1) is 0 Å². The molecule has 2 aromatic carbocycles. The number of aryl methyl sites for hydroxylation is 1. The number of ether oxygens (including phenoxy) is 3. The molecule has 0 radical (unpaired) electrons. The van der Waals surface area contributed by atoms with Gasteiger partial charge >= 0.3 is 0 Å². The number of rotatable bonds is 13. The third kappa shape index (κ3) is 8.04. The third-order valence-corrected chi connectivity index (χ3v) is 4.62. The smallest absolute Gasteiger partial charge is 0.273 e. The van der Waals surface area contributed by atoms with Crippen LogP contribution < -0.4 is 20.3 Å². The van der Waals surface area contributed by atoms with E-state index in [1.807, 2.05) is 37.3 Å². The van der Waals surface area contributed by atoms with E-state index in [0.717, 1.165) is 5.75 Å². The molecular weight excluding hydrogens is 424 g/mol. The largest absolute Gasteiger partial charge is 0.492 e. The Morgan fingerprint density at radius 1 is 0.939 bits per heavy atom. The number of para-hydroxylation sites is 1. The molecule has 0 saturated heterocycles. The van der Waals surface area contributed by atoms with Crippen LogP contribution in [0.1, 0.15) is 19.0 Å². The van der Waals surface area contributed by atoms with Crippen molar-refractivity contribution < 1.29 is 19.0 Å². The highest BCUT2D eigenvalue weighted by atomic mass is 16.5. The Kier molecular flexibility index (Phi) is 9.41. The van der Waals surface area contributed by atoms with E-state index in [-0.39, 0.29) is 30.0 Å². The molecule has 33 heavy (non-hydrogen) atoms. The standard InChI is InChI=1S/C24H28N4O5/c1-2-31-16-17-33-20-10-8-18(9-11-20)23-26-24(30)21(27-28-23)12-13-22(29)25-14-15-32-19-6-4-3-5-7-19/h3-11H,2,12-17H2,1H3,(H,25,29)(H,26,28,30). The molecule has 9 nitrogen and oxygen atoms in total. The summed E-state index contributed by atoms with van der Waals surface area (Å²) in [6.07, 6.45) is 0.330. The van der Waals surface area contributed by atoms with E-state index in [0.29, 0.717) is 50.1 Å². The second-order valence-electron chi connectivity index (χ2n) is 7.03. The van der Waals surface area contributed by atoms with Gasteiger partial charge < -0.3 is 24.5 Å². The van der Waals surface area contributed by atoms with E-state index in [9.17, 15) is 9.59 Å². The van der Waals surface area contributed by atoms with E-state index in [4.69, 9.17) is 14.2 Å². The first-order chi connectivity index (χ1) is 16.2. The van der Waals surface area contributed by atoms with Crippen LogP contribution in [0.15, 0.2) is 59.4 Å². The van der Waals surface area contributed by atoms with E-state index in [2.05, 4.69) is 20.5 Å². The topological polar surface area (TPSA) is 115 Å². The zero-order valence-electron chi connectivity index (χ0n) is 18.6. The summed E-state index contributed by atoms with van der Waals surface area (Å²) in [5.74, 6) is 1.62. The van der Waals surface area contributed by atoms with E-state index >= 15 is 0 Å². The molecule has 0 aliphatic rings. The van der Waals surface area contributed by atoms with Gasteiger partial charge in [-0.1, -0.05) is 18.2 Å². The second kappa shape index (κ2) is 13.0. The van der Waals surface area contributed by atoms with Gasteiger partial charge in [0.05, 0.1) is 13.2 Å². The van der Waals surface area contributed by atoms with Gasteiger partial charge in [-0.15, -0.1) is 10.2 Å². The molecule has 3 aromatic rings. The van der Waals surface area contributed by atoms with Crippen molar-refractivity contribution in [1.29, 1.82) is 0 Å². The van der Waals surface area contributed by atoms with Crippen LogP contribution in [-0.2, 0) is 16.0 Å². The summed E-state index contributed by atoms with van der Waals surface area (Å²) in [6, 6.07) is 16.5. The van der Waals surface area contributed by atoms with Crippen molar-refractivity contribution in [1.82, 2.24) is 20.5 Å². The van der Waals surface area contributed by atoms with Crippen LogP contribution in [0.2, 0.25) is 0 Å².